The Hall–Kier alpha value is -0.770. The van der Waals surface area contributed by atoms with Crippen LogP contribution in [-0.4, -0.2) is 30.3 Å². The lowest BCUT2D eigenvalue weighted by Gasteiger charge is -2.26. The summed E-state index contributed by atoms with van der Waals surface area (Å²) in [6.45, 7) is 10.7. The molecule has 118 valence electrons. The number of carbonyl (C=O) groups excluding carboxylic acids is 1. The van der Waals surface area contributed by atoms with Crippen molar-refractivity contribution in [3.8, 4) is 0 Å². The first kappa shape index (κ1) is 17.3. The number of hydrogen-bond donors (Lipinski definition) is 2. The second-order valence-electron chi connectivity index (χ2n) is 7.36. The van der Waals surface area contributed by atoms with Gasteiger partial charge in [-0.15, -0.1) is 0 Å². The molecule has 0 radical (unpaired) electrons. The molecule has 1 aliphatic carbocycles. The zero-order valence-electron chi connectivity index (χ0n) is 13.8. The summed E-state index contributed by atoms with van der Waals surface area (Å²) >= 11 is 0. The monoisotopic (exact) mass is 284 g/mol. The van der Waals surface area contributed by atoms with Gasteiger partial charge in [0.25, 0.3) is 0 Å². The van der Waals surface area contributed by atoms with Crippen LogP contribution in [0, 0.1) is 5.92 Å². The average Bonchev–Trinajstić information content (AvgIpc) is 2.75. The Morgan fingerprint density at radius 1 is 1.25 bits per heavy atom. The molecule has 0 aromatic heterocycles. The van der Waals surface area contributed by atoms with Crippen molar-refractivity contribution in [2.24, 2.45) is 5.92 Å². The highest BCUT2D eigenvalue weighted by molar-refractivity contribution is 5.67. The van der Waals surface area contributed by atoms with Gasteiger partial charge in [0.2, 0.25) is 0 Å². The molecule has 1 saturated carbocycles. The van der Waals surface area contributed by atoms with Gasteiger partial charge in [0.1, 0.15) is 5.60 Å². The van der Waals surface area contributed by atoms with Crippen molar-refractivity contribution in [2.75, 3.05) is 6.54 Å². The molecule has 0 bridgehead atoms. The maximum absolute atomic E-state index is 11.7. The van der Waals surface area contributed by atoms with E-state index in [1.165, 1.54) is 25.7 Å². The number of amides is 1. The van der Waals surface area contributed by atoms with Crippen molar-refractivity contribution in [3.05, 3.63) is 0 Å². The summed E-state index contributed by atoms with van der Waals surface area (Å²) in [5.74, 6) is 0.620. The molecule has 1 rings (SSSR count). The number of carbonyl (C=O) groups is 1. The van der Waals surface area contributed by atoms with Crippen LogP contribution in [-0.2, 0) is 4.74 Å². The lowest BCUT2D eigenvalue weighted by molar-refractivity contribution is 0.0520. The van der Waals surface area contributed by atoms with Gasteiger partial charge in [-0.25, -0.2) is 4.79 Å². The summed E-state index contributed by atoms with van der Waals surface area (Å²) in [6, 6.07) is 0.963. The van der Waals surface area contributed by atoms with Crippen molar-refractivity contribution in [1.29, 1.82) is 0 Å². The van der Waals surface area contributed by atoms with Gasteiger partial charge in [-0.05, 0) is 46.0 Å². The van der Waals surface area contributed by atoms with Crippen LogP contribution >= 0.6 is 0 Å². The molecule has 4 heteroatoms. The Morgan fingerprint density at radius 3 is 2.35 bits per heavy atom. The van der Waals surface area contributed by atoms with Crippen LogP contribution in [0.1, 0.15) is 66.7 Å². The minimum atomic E-state index is -0.434. The van der Waals surface area contributed by atoms with E-state index in [0.29, 0.717) is 24.5 Å². The molecule has 0 aromatic carbocycles. The zero-order chi connectivity index (χ0) is 15.2. The van der Waals surface area contributed by atoms with Crippen molar-refractivity contribution in [2.45, 2.75) is 84.4 Å². The predicted octanol–water partition coefficient (Wildman–Crippen LogP) is 3.46. The molecule has 1 unspecified atom stereocenters. The van der Waals surface area contributed by atoms with Crippen molar-refractivity contribution in [3.63, 3.8) is 0 Å². The van der Waals surface area contributed by atoms with Gasteiger partial charge in [-0.2, -0.15) is 0 Å². The first-order chi connectivity index (χ1) is 9.26. The maximum Gasteiger partial charge on any atom is 0.407 e. The first-order valence-electron chi connectivity index (χ1n) is 7.99. The van der Waals surface area contributed by atoms with E-state index < -0.39 is 5.60 Å². The summed E-state index contributed by atoms with van der Waals surface area (Å²) in [7, 11) is 0. The number of hydrogen-bond acceptors (Lipinski definition) is 3. The highest BCUT2D eigenvalue weighted by atomic mass is 16.6. The summed E-state index contributed by atoms with van der Waals surface area (Å²) < 4.78 is 5.29. The van der Waals surface area contributed by atoms with Crippen LogP contribution in [0.2, 0.25) is 0 Å². The highest BCUT2D eigenvalue weighted by Gasteiger charge is 2.21. The highest BCUT2D eigenvalue weighted by Crippen LogP contribution is 2.19. The SMILES string of the molecule is CC(C)CC(CNC(=O)OC(C)(C)C)NC1CCCC1. The van der Waals surface area contributed by atoms with E-state index in [2.05, 4.69) is 24.5 Å². The topological polar surface area (TPSA) is 50.4 Å². The van der Waals surface area contributed by atoms with Crippen LogP contribution in [0.3, 0.4) is 0 Å². The van der Waals surface area contributed by atoms with Crippen LogP contribution in [0.25, 0.3) is 0 Å². The maximum atomic E-state index is 11.7. The molecule has 0 aliphatic heterocycles. The molecule has 0 spiro atoms. The number of rotatable bonds is 6. The Morgan fingerprint density at radius 2 is 1.85 bits per heavy atom. The van der Waals surface area contributed by atoms with E-state index >= 15 is 0 Å². The predicted molar refractivity (Wildman–Crippen MR) is 82.9 cm³/mol. The van der Waals surface area contributed by atoms with E-state index in [4.69, 9.17) is 4.74 Å². The largest absolute Gasteiger partial charge is 0.444 e. The number of ether oxygens (including phenoxy) is 1. The third-order valence-electron chi connectivity index (χ3n) is 3.47. The van der Waals surface area contributed by atoms with Crippen LogP contribution < -0.4 is 10.6 Å². The fourth-order valence-electron chi connectivity index (χ4n) is 2.73. The minimum absolute atomic E-state index is 0.320. The standard InChI is InChI=1S/C16H32N2O2/c1-12(2)10-14(18-13-8-6-7-9-13)11-17-15(19)20-16(3,4)5/h12-14,18H,6-11H2,1-5H3,(H,17,19). The molecule has 1 amide bonds. The molecule has 0 aromatic rings. The molecule has 2 N–H and O–H groups in total. The van der Waals surface area contributed by atoms with Crippen LogP contribution in [0.4, 0.5) is 4.79 Å². The number of alkyl carbamates (subject to hydrolysis) is 1. The van der Waals surface area contributed by atoms with Gasteiger partial charge < -0.3 is 15.4 Å². The van der Waals surface area contributed by atoms with E-state index in [-0.39, 0.29) is 6.09 Å². The summed E-state index contributed by atoms with van der Waals surface area (Å²) in [5, 5.41) is 6.59. The Bertz CT molecular complexity index is 291. The smallest absolute Gasteiger partial charge is 0.407 e. The third-order valence-corrected chi connectivity index (χ3v) is 3.47. The van der Waals surface area contributed by atoms with Gasteiger partial charge in [0.05, 0.1) is 0 Å². The second kappa shape index (κ2) is 7.87. The van der Waals surface area contributed by atoms with E-state index in [9.17, 15) is 4.79 Å². The average molecular weight is 284 g/mol. The molecule has 20 heavy (non-hydrogen) atoms. The fraction of sp³-hybridized carbons (Fsp3) is 0.938. The molecule has 0 saturated heterocycles. The Kier molecular flexibility index (Phi) is 6.80. The van der Waals surface area contributed by atoms with Gasteiger partial charge in [-0.3, -0.25) is 0 Å². The summed E-state index contributed by atoms with van der Waals surface area (Å²) in [6.07, 6.45) is 5.94. The third kappa shape index (κ3) is 7.73. The van der Waals surface area contributed by atoms with Gasteiger partial charge in [0, 0.05) is 18.6 Å². The van der Waals surface area contributed by atoms with E-state index in [1.54, 1.807) is 0 Å². The molecular weight excluding hydrogens is 252 g/mol. The Labute approximate surface area is 124 Å². The molecule has 1 aliphatic rings. The first-order valence-corrected chi connectivity index (χ1v) is 7.99. The van der Waals surface area contributed by atoms with Crippen LogP contribution in [0.5, 0.6) is 0 Å². The van der Waals surface area contributed by atoms with Crippen molar-refractivity contribution >= 4 is 6.09 Å². The van der Waals surface area contributed by atoms with Gasteiger partial charge in [-0.1, -0.05) is 26.7 Å². The number of nitrogens with one attached hydrogen (secondary N) is 2. The molecule has 1 atom stereocenters. The molecular formula is C16H32N2O2. The lowest BCUT2D eigenvalue weighted by atomic mass is 10.0. The fourth-order valence-corrected chi connectivity index (χ4v) is 2.73. The lowest BCUT2D eigenvalue weighted by Crippen LogP contribution is -2.46. The normalized spacial score (nSPS) is 18.3. The molecule has 0 heterocycles. The quantitative estimate of drug-likeness (QED) is 0.785. The van der Waals surface area contributed by atoms with Gasteiger partial charge in [0.15, 0.2) is 0 Å². The van der Waals surface area contributed by atoms with Crippen molar-refractivity contribution < 1.29 is 9.53 Å². The summed E-state index contributed by atoms with van der Waals surface area (Å²) in [4.78, 5) is 11.7. The van der Waals surface area contributed by atoms with E-state index in [0.717, 1.165) is 6.42 Å². The second-order valence-corrected chi connectivity index (χ2v) is 7.36. The van der Waals surface area contributed by atoms with Crippen LogP contribution in [0.15, 0.2) is 0 Å². The molecule has 4 nitrogen and oxygen atoms in total. The summed E-state index contributed by atoms with van der Waals surface area (Å²) in [5.41, 5.74) is -0.434. The van der Waals surface area contributed by atoms with Gasteiger partial charge >= 0.3 is 6.09 Å². The Balaban J connectivity index is 2.37. The zero-order valence-corrected chi connectivity index (χ0v) is 13.8. The van der Waals surface area contributed by atoms with Crippen molar-refractivity contribution in [1.82, 2.24) is 10.6 Å². The minimum Gasteiger partial charge on any atom is -0.444 e. The van der Waals surface area contributed by atoms with E-state index in [1.807, 2.05) is 20.8 Å². The molecule has 1 fully saturated rings.